The highest BCUT2D eigenvalue weighted by Gasteiger charge is 2.06. The molecule has 106 valence electrons. The number of fused-ring (bicyclic) bond motifs is 1. The zero-order valence-electron chi connectivity index (χ0n) is 11.9. The van der Waals surface area contributed by atoms with Gasteiger partial charge in [-0.1, -0.05) is 46.3 Å². The van der Waals surface area contributed by atoms with Gasteiger partial charge in [0.2, 0.25) is 0 Å². The largest absolute Gasteiger partial charge is 0.306 e. The Balaban J connectivity index is 1.77. The second-order valence-corrected chi connectivity index (χ2v) is 6.09. The molecule has 3 aromatic rings. The highest BCUT2D eigenvalue weighted by atomic mass is 79.9. The van der Waals surface area contributed by atoms with E-state index < -0.39 is 0 Å². The summed E-state index contributed by atoms with van der Waals surface area (Å²) in [6.45, 7) is 3.03. The van der Waals surface area contributed by atoms with Gasteiger partial charge in [0.1, 0.15) is 0 Å². The van der Waals surface area contributed by atoms with Gasteiger partial charge in [0, 0.05) is 34.8 Å². The van der Waals surface area contributed by atoms with Crippen molar-refractivity contribution in [2.45, 2.75) is 19.5 Å². The van der Waals surface area contributed by atoms with E-state index in [4.69, 9.17) is 0 Å². The third-order valence-corrected chi connectivity index (χ3v) is 4.21. The second kappa shape index (κ2) is 6.37. The number of pyridine rings is 1. The maximum Gasteiger partial charge on any atom is 0.0346 e. The third-order valence-electron chi connectivity index (χ3n) is 3.72. The fourth-order valence-electron chi connectivity index (χ4n) is 2.50. The fraction of sp³-hybridized carbons (Fsp3) is 0.167. The minimum atomic E-state index is 0.305. The first kappa shape index (κ1) is 14.2. The van der Waals surface area contributed by atoms with E-state index in [1.54, 1.807) is 0 Å². The molecule has 1 aromatic heterocycles. The zero-order valence-corrected chi connectivity index (χ0v) is 13.5. The van der Waals surface area contributed by atoms with Crippen LogP contribution in [0.2, 0.25) is 0 Å². The first-order chi connectivity index (χ1) is 10.2. The smallest absolute Gasteiger partial charge is 0.0346 e. The molecule has 3 heteroatoms. The predicted octanol–water partition coefficient (Wildman–Crippen LogP) is 4.85. The van der Waals surface area contributed by atoms with Crippen LogP contribution in [0.1, 0.15) is 24.1 Å². The van der Waals surface area contributed by atoms with E-state index >= 15 is 0 Å². The van der Waals surface area contributed by atoms with Crippen LogP contribution in [0.3, 0.4) is 0 Å². The Morgan fingerprint density at radius 2 is 2.00 bits per heavy atom. The molecular weight excluding hydrogens is 324 g/mol. The summed E-state index contributed by atoms with van der Waals surface area (Å²) >= 11 is 3.52. The SMILES string of the molecule is CC(NCc1cccc2cnccc12)c1cccc(Br)c1. The standard InChI is InChI=1S/C18H17BrN2/c1-13(14-4-3-7-17(19)10-14)21-12-16-6-2-5-15-11-20-9-8-18(15)16/h2-11,13,21H,12H2,1H3. The van der Waals surface area contributed by atoms with Gasteiger partial charge >= 0.3 is 0 Å². The lowest BCUT2D eigenvalue weighted by molar-refractivity contribution is 0.576. The lowest BCUT2D eigenvalue weighted by Gasteiger charge is -2.15. The van der Waals surface area contributed by atoms with Crippen molar-refractivity contribution in [2.75, 3.05) is 0 Å². The number of rotatable bonds is 4. The van der Waals surface area contributed by atoms with E-state index in [1.165, 1.54) is 21.9 Å². The first-order valence-corrected chi connectivity index (χ1v) is 7.84. The molecular formula is C18H17BrN2. The van der Waals surface area contributed by atoms with E-state index in [0.29, 0.717) is 6.04 Å². The first-order valence-electron chi connectivity index (χ1n) is 7.04. The fourth-order valence-corrected chi connectivity index (χ4v) is 2.92. The monoisotopic (exact) mass is 340 g/mol. The van der Waals surface area contributed by atoms with Gasteiger partial charge in [-0.2, -0.15) is 0 Å². The Labute approximate surface area is 133 Å². The van der Waals surface area contributed by atoms with Crippen molar-refractivity contribution >= 4 is 26.7 Å². The summed E-state index contributed by atoms with van der Waals surface area (Å²) in [4.78, 5) is 4.18. The number of benzene rings is 2. The summed E-state index contributed by atoms with van der Waals surface area (Å²) < 4.78 is 1.12. The minimum Gasteiger partial charge on any atom is -0.306 e. The van der Waals surface area contributed by atoms with Crippen LogP contribution in [0.5, 0.6) is 0 Å². The van der Waals surface area contributed by atoms with Gasteiger partial charge in [-0.3, -0.25) is 4.98 Å². The van der Waals surface area contributed by atoms with Crippen molar-refractivity contribution in [3.8, 4) is 0 Å². The molecule has 0 aliphatic rings. The Morgan fingerprint density at radius 3 is 2.86 bits per heavy atom. The number of hydrogen-bond donors (Lipinski definition) is 1. The summed E-state index contributed by atoms with van der Waals surface area (Å²) in [7, 11) is 0. The van der Waals surface area contributed by atoms with E-state index in [2.05, 4.69) is 75.6 Å². The molecule has 0 aliphatic heterocycles. The van der Waals surface area contributed by atoms with Crippen LogP contribution in [-0.4, -0.2) is 4.98 Å². The Morgan fingerprint density at radius 1 is 1.14 bits per heavy atom. The predicted molar refractivity (Wildman–Crippen MR) is 91.1 cm³/mol. The summed E-state index contributed by atoms with van der Waals surface area (Å²) in [6.07, 6.45) is 3.76. The van der Waals surface area contributed by atoms with E-state index in [1.807, 2.05) is 18.5 Å². The number of aromatic nitrogens is 1. The molecule has 0 amide bonds. The summed E-state index contributed by atoms with van der Waals surface area (Å²) in [6, 6.07) is 17.2. The summed E-state index contributed by atoms with van der Waals surface area (Å²) in [5.74, 6) is 0. The molecule has 1 atom stereocenters. The van der Waals surface area contributed by atoms with Crippen LogP contribution in [0.15, 0.2) is 65.4 Å². The summed E-state index contributed by atoms with van der Waals surface area (Å²) in [5.41, 5.74) is 2.59. The van der Waals surface area contributed by atoms with Gasteiger partial charge in [0.25, 0.3) is 0 Å². The Bertz CT molecular complexity index is 750. The molecule has 1 heterocycles. The van der Waals surface area contributed by atoms with Crippen molar-refractivity contribution in [1.82, 2.24) is 10.3 Å². The lowest BCUT2D eigenvalue weighted by Crippen LogP contribution is -2.18. The van der Waals surface area contributed by atoms with Gasteiger partial charge in [-0.25, -0.2) is 0 Å². The van der Waals surface area contributed by atoms with Crippen LogP contribution in [0.25, 0.3) is 10.8 Å². The number of hydrogen-bond acceptors (Lipinski definition) is 2. The van der Waals surface area contributed by atoms with Gasteiger partial charge in [-0.05, 0) is 41.6 Å². The van der Waals surface area contributed by atoms with Crippen molar-refractivity contribution < 1.29 is 0 Å². The highest BCUT2D eigenvalue weighted by molar-refractivity contribution is 9.10. The third kappa shape index (κ3) is 3.31. The molecule has 21 heavy (non-hydrogen) atoms. The Kier molecular flexibility index (Phi) is 4.32. The molecule has 0 radical (unpaired) electrons. The van der Waals surface area contributed by atoms with Crippen LogP contribution < -0.4 is 5.32 Å². The molecule has 1 unspecified atom stereocenters. The molecule has 0 saturated carbocycles. The van der Waals surface area contributed by atoms with Crippen LogP contribution in [0.4, 0.5) is 0 Å². The van der Waals surface area contributed by atoms with E-state index in [-0.39, 0.29) is 0 Å². The normalized spacial score (nSPS) is 12.5. The van der Waals surface area contributed by atoms with Crippen LogP contribution in [-0.2, 0) is 6.54 Å². The molecule has 2 aromatic carbocycles. The highest BCUT2D eigenvalue weighted by Crippen LogP contribution is 2.20. The minimum absolute atomic E-state index is 0.305. The maximum atomic E-state index is 4.18. The van der Waals surface area contributed by atoms with E-state index in [0.717, 1.165) is 11.0 Å². The molecule has 0 spiro atoms. The Hall–Kier alpha value is -1.71. The number of nitrogens with one attached hydrogen (secondary N) is 1. The van der Waals surface area contributed by atoms with Gasteiger partial charge in [-0.15, -0.1) is 0 Å². The van der Waals surface area contributed by atoms with Crippen molar-refractivity contribution in [3.63, 3.8) is 0 Å². The van der Waals surface area contributed by atoms with Gasteiger partial charge in [0.15, 0.2) is 0 Å². The molecule has 3 rings (SSSR count). The van der Waals surface area contributed by atoms with Crippen molar-refractivity contribution in [3.05, 3.63) is 76.5 Å². The quantitative estimate of drug-likeness (QED) is 0.734. The molecule has 1 N–H and O–H groups in total. The average molecular weight is 341 g/mol. The van der Waals surface area contributed by atoms with Gasteiger partial charge in [0.05, 0.1) is 0 Å². The molecule has 0 bridgehead atoms. The average Bonchev–Trinajstić information content (AvgIpc) is 2.52. The number of halogens is 1. The molecule has 0 aliphatic carbocycles. The summed E-state index contributed by atoms with van der Waals surface area (Å²) in [5, 5.41) is 6.05. The van der Waals surface area contributed by atoms with Gasteiger partial charge < -0.3 is 5.32 Å². The van der Waals surface area contributed by atoms with Crippen LogP contribution in [0, 0.1) is 0 Å². The molecule has 2 nitrogen and oxygen atoms in total. The van der Waals surface area contributed by atoms with E-state index in [9.17, 15) is 0 Å². The molecule has 0 saturated heterocycles. The van der Waals surface area contributed by atoms with Crippen molar-refractivity contribution in [2.24, 2.45) is 0 Å². The topological polar surface area (TPSA) is 24.9 Å². The number of nitrogens with zero attached hydrogens (tertiary/aromatic N) is 1. The molecule has 0 fully saturated rings. The van der Waals surface area contributed by atoms with Crippen molar-refractivity contribution in [1.29, 1.82) is 0 Å². The lowest BCUT2D eigenvalue weighted by atomic mass is 10.1. The maximum absolute atomic E-state index is 4.18. The van der Waals surface area contributed by atoms with Crippen LogP contribution >= 0.6 is 15.9 Å². The zero-order chi connectivity index (χ0) is 14.7. The second-order valence-electron chi connectivity index (χ2n) is 5.17.